The normalized spacial score (nSPS) is 20.6. The van der Waals surface area contributed by atoms with Crippen molar-refractivity contribution in [1.29, 1.82) is 0 Å². The van der Waals surface area contributed by atoms with Gasteiger partial charge >= 0.3 is 0 Å². The summed E-state index contributed by atoms with van der Waals surface area (Å²) in [6.45, 7) is 2.15. The highest BCUT2D eigenvalue weighted by Gasteiger charge is 2.30. The molecule has 16 heavy (non-hydrogen) atoms. The summed E-state index contributed by atoms with van der Waals surface area (Å²) in [6, 6.07) is 3.40. The number of nitrogens with zero attached hydrogens (tertiary/aromatic N) is 1. The van der Waals surface area contributed by atoms with Gasteiger partial charge in [0.05, 0.1) is 30.4 Å². The summed E-state index contributed by atoms with van der Waals surface area (Å²) in [4.78, 5) is 13.1. The zero-order valence-electron chi connectivity index (χ0n) is 8.90. The number of aryl methyl sites for hydroxylation is 1. The lowest BCUT2D eigenvalue weighted by molar-refractivity contribution is -0.117. The van der Waals surface area contributed by atoms with E-state index >= 15 is 0 Å². The molecule has 1 heterocycles. The molecule has 1 aromatic rings. The van der Waals surface area contributed by atoms with Crippen molar-refractivity contribution in [3.63, 3.8) is 0 Å². The fourth-order valence-electron chi connectivity index (χ4n) is 1.84. The van der Waals surface area contributed by atoms with E-state index in [4.69, 9.17) is 17.3 Å². The van der Waals surface area contributed by atoms with E-state index < -0.39 is 6.10 Å². The van der Waals surface area contributed by atoms with Crippen molar-refractivity contribution in [2.24, 2.45) is 0 Å². The van der Waals surface area contributed by atoms with Crippen LogP contribution in [-0.2, 0) is 4.79 Å². The zero-order chi connectivity index (χ0) is 11.9. The molecule has 0 spiro atoms. The average Bonchev–Trinajstić information content (AvgIpc) is 2.51. The summed E-state index contributed by atoms with van der Waals surface area (Å²) in [5.74, 6) is -0.110. The summed E-state index contributed by atoms with van der Waals surface area (Å²) in [7, 11) is 0. The molecule has 0 radical (unpaired) electrons. The number of carbonyl (C=O) groups excluding carboxylic acids is 1. The molecule has 1 atom stereocenters. The van der Waals surface area contributed by atoms with Crippen LogP contribution in [0.25, 0.3) is 0 Å². The molecule has 3 N–H and O–H groups in total. The van der Waals surface area contributed by atoms with E-state index in [1.807, 2.05) is 6.92 Å². The summed E-state index contributed by atoms with van der Waals surface area (Å²) < 4.78 is 0. The topological polar surface area (TPSA) is 66.6 Å². The molecule has 0 aromatic heterocycles. The smallest absolute Gasteiger partial charge is 0.229 e. The molecule has 0 aliphatic carbocycles. The Hall–Kier alpha value is -1.26. The van der Waals surface area contributed by atoms with Gasteiger partial charge in [0.2, 0.25) is 5.91 Å². The summed E-state index contributed by atoms with van der Waals surface area (Å²) in [5, 5.41) is 9.99. The standard InChI is InChI=1S/C11H13ClN2O2/c1-6-2-10(9(13)4-8(6)12)14-5-7(15)3-11(14)16/h2,4,7,15H,3,5,13H2,1H3. The summed E-state index contributed by atoms with van der Waals surface area (Å²) in [6.07, 6.45) is -0.455. The number of hydrogen-bond donors (Lipinski definition) is 2. The van der Waals surface area contributed by atoms with Crippen molar-refractivity contribution >= 4 is 28.9 Å². The van der Waals surface area contributed by atoms with Gasteiger partial charge in [0, 0.05) is 5.02 Å². The van der Waals surface area contributed by atoms with Gasteiger partial charge in [-0.2, -0.15) is 0 Å². The van der Waals surface area contributed by atoms with Crippen LogP contribution in [0.1, 0.15) is 12.0 Å². The predicted octanol–water partition coefficient (Wildman–Crippen LogP) is 1.33. The first-order valence-corrected chi connectivity index (χ1v) is 5.41. The number of hydrogen-bond acceptors (Lipinski definition) is 3. The van der Waals surface area contributed by atoms with Crippen LogP contribution in [0.3, 0.4) is 0 Å². The van der Waals surface area contributed by atoms with Gasteiger partial charge in [0.15, 0.2) is 0 Å². The minimum atomic E-state index is -0.608. The van der Waals surface area contributed by atoms with Crippen LogP contribution in [0.15, 0.2) is 12.1 Å². The third-order valence-electron chi connectivity index (χ3n) is 2.70. The first-order valence-electron chi connectivity index (χ1n) is 5.03. The number of nitrogen functional groups attached to an aromatic ring is 1. The Bertz CT molecular complexity index is 448. The Morgan fingerprint density at radius 1 is 1.56 bits per heavy atom. The number of aliphatic hydroxyl groups is 1. The molecule has 1 amide bonds. The van der Waals surface area contributed by atoms with E-state index in [1.165, 1.54) is 4.90 Å². The number of anilines is 2. The maximum atomic E-state index is 11.6. The van der Waals surface area contributed by atoms with Crippen LogP contribution < -0.4 is 10.6 Å². The lowest BCUT2D eigenvalue weighted by atomic mass is 10.2. The number of β-amino-alcohol motifs (C(OH)–C–C–N with tert-alkyl or cyclic N) is 1. The molecule has 0 saturated carbocycles. The monoisotopic (exact) mass is 240 g/mol. The molecule has 86 valence electrons. The second kappa shape index (κ2) is 3.96. The molecular weight excluding hydrogens is 228 g/mol. The molecule has 0 bridgehead atoms. The van der Waals surface area contributed by atoms with Gasteiger partial charge in [0.1, 0.15) is 0 Å². The molecule has 5 heteroatoms. The van der Waals surface area contributed by atoms with Gasteiger partial charge in [-0.1, -0.05) is 11.6 Å². The van der Waals surface area contributed by atoms with E-state index in [0.29, 0.717) is 22.9 Å². The van der Waals surface area contributed by atoms with Gasteiger partial charge < -0.3 is 15.7 Å². The first kappa shape index (κ1) is 11.2. The number of amides is 1. The van der Waals surface area contributed by atoms with Crippen LogP contribution in [0, 0.1) is 6.92 Å². The lowest BCUT2D eigenvalue weighted by Crippen LogP contribution is -2.26. The van der Waals surface area contributed by atoms with Crippen LogP contribution in [0.2, 0.25) is 5.02 Å². The SMILES string of the molecule is Cc1cc(N2CC(O)CC2=O)c(N)cc1Cl. The molecule has 1 saturated heterocycles. The number of halogens is 1. The number of carbonyl (C=O) groups is 1. The van der Waals surface area contributed by atoms with Crippen LogP contribution >= 0.6 is 11.6 Å². The minimum absolute atomic E-state index is 0.110. The van der Waals surface area contributed by atoms with E-state index in [0.717, 1.165) is 5.56 Å². The maximum absolute atomic E-state index is 11.6. The fraction of sp³-hybridized carbons (Fsp3) is 0.364. The van der Waals surface area contributed by atoms with Crippen LogP contribution in [0.4, 0.5) is 11.4 Å². The van der Waals surface area contributed by atoms with Gasteiger partial charge in [-0.05, 0) is 24.6 Å². The van der Waals surface area contributed by atoms with Crippen LogP contribution in [-0.4, -0.2) is 23.7 Å². The minimum Gasteiger partial charge on any atom is -0.397 e. The van der Waals surface area contributed by atoms with Crippen LogP contribution in [0.5, 0.6) is 0 Å². The van der Waals surface area contributed by atoms with Crippen molar-refractivity contribution in [1.82, 2.24) is 0 Å². The van der Waals surface area contributed by atoms with Gasteiger partial charge in [-0.25, -0.2) is 0 Å². The highest BCUT2D eigenvalue weighted by molar-refractivity contribution is 6.31. The predicted molar refractivity (Wildman–Crippen MR) is 63.6 cm³/mol. The summed E-state index contributed by atoms with van der Waals surface area (Å²) in [5.41, 5.74) is 7.76. The van der Waals surface area contributed by atoms with Crippen molar-refractivity contribution in [2.45, 2.75) is 19.4 Å². The number of nitrogens with two attached hydrogens (primary N) is 1. The van der Waals surface area contributed by atoms with Gasteiger partial charge in [-0.3, -0.25) is 4.79 Å². The molecular formula is C11H13ClN2O2. The average molecular weight is 241 g/mol. The molecule has 1 unspecified atom stereocenters. The van der Waals surface area contributed by atoms with E-state index in [9.17, 15) is 9.90 Å². The van der Waals surface area contributed by atoms with E-state index in [-0.39, 0.29) is 12.3 Å². The third-order valence-corrected chi connectivity index (χ3v) is 3.11. The molecule has 1 aliphatic rings. The first-order chi connectivity index (χ1) is 7.49. The number of rotatable bonds is 1. The van der Waals surface area contributed by atoms with Gasteiger partial charge in [-0.15, -0.1) is 0 Å². The summed E-state index contributed by atoms with van der Waals surface area (Å²) >= 11 is 5.92. The zero-order valence-corrected chi connectivity index (χ0v) is 9.66. The third kappa shape index (κ3) is 1.86. The maximum Gasteiger partial charge on any atom is 0.229 e. The van der Waals surface area contributed by atoms with E-state index in [2.05, 4.69) is 0 Å². The second-order valence-corrected chi connectivity index (χ2v) is 4.43. The van der Waals surface area contributed by atoms with Crippen molar-refractivity contribution in [3.8, 4) is 0 Å². The molecule has 2 rings (SSSR count). The molecule has 4 nitrogen and oxygen atoms in total. The Morgan fingerprint density at radius 3 is 2.81 bits per heavy atom. The van der Waals surface area contributed by atoms with Crippen molar-refractivity contribution in [2.75, 3.05) is 17.2 Å². The highest BCUT2D eigenvalue weighted by Crippen LogP contribution is 2.32. The Morgan fingerprint density at radius 2 is 2.25 bits per heavy atom. The quantitative estimate of drug-likeness (QED) is 0.728. The highest BCUT2D eigenvalue weighted by atomic mass is 35.5. The van der Waals surface area contributed by atoms with Gasteiger partial charge in [0.25, 0.3) is 0 Å². The van der Waals surface area contributed by atoms with Crippen molar-refractivity contribution < 1.29 is 9.90 Å². The molecule has 1 aromatic carbocycles. The fourth-order valence-corrected chi connectivity index (χ4v) is 2.01. The Labute approximate surface area is 98.6 Å². The number of benzene rings is 1. The van der Waals surface area contributed by atoms with E-state index in [1.54, 1.807) is 12.1 Å². The van der Waals surface area contributed by atoms with Crippen molar-refractivity contribution in [3.05, 3.63) is 22.7 Å². The molecule has 1 aliphatic heterocycles. The number of aliphatic hydroxyl groups excluding tert-OH is 1. The Balaban J connectivity index is 2.41. The largest absolute Gasteiger partial charge is 0.397 e. The molecule has 1 fully saturated rings. The Kier molecular flexibility index (Phi) is 2.78. The lowest BCUT2D eigenvalue weighted by Gasteiger charge is -2.19. The second-order valence-electron chi connectivity index (χ2n) is 4.02.